The van der Waals surface area contributed by atoms with Crippen LogP contribution in [0.3, 0.4) is 0 Å². The highest BCUT2D eigenvalue weighted by molar-refractivity contribution is 9.12. The normalized spacial score (nSPS) is 15.6. The average molecular weight is 431 g/mol. The summed E-state index contributed by atoms with van der Waals surface area (Å²) in [4.78, 5) is 13.3. The molecule has 0 fully saturated rings. The number of carbonyl (C=O) groups excluding carboxylic acids is 1. The third-order valence-corrected chi connectivity index (χ3v) is 5.89. The fraction of sp³-hybridized carbons (Fsp3) is 0.214. The molecule has 1 atom stereocenters. The zero-order valence-electron chi connectivity index (χ0n) is 11.2. The van der Waals surface area contributed by atoms with Gasteiger partial charge in [-0.25, -0.2) is 4.79 Å². The fourth-order valence-corrected chi connectivity index (χ4v) is 5.27. The van der Waals surface area contributed by atoms with E-state index in [1.807, 2.05) is 18.2 Å². The van der Waals surface area contributed by atoms with Crippen molar-refractivity contribution in [2.75, 3.05) is 12.4 Å². The van der Waals surface area contributed by atoms with Crippen LogP contribution in [0.4, 0.5) is 10.5 Å². The summed E-state index contributed by atoms with van der Waals surface area (Å²) >= 11 is 8.64. The number of fused-ring (bicyclic) bond motifs is 1. The first kappa shape index (κ1) is 15.0. The summed E-state index contributed by atoms with van der Waals surface area (Å²) in [5, 5.41) is 2.86. The Morgan fingerprint density at radius 2 is 2.14 bits per heavy atom. The van der Waals surface area contributed by atoms with Crippen LogP contribution in [0.1, 0.15) is 22.7 Å². The molecule has 1 aromatic carbocycles. The standard InChI is InChI=1S/C14H13Br2N3OS/c1-19-6-8-4-7(2-3-10(8)18-14(19)20)12(17)9-5-11(15)21-13(9)16/h2-5,12H,6,17H2,1H3,(H,18,20). The fourth-order valence-electron chi connectivity index (χ4n) is 2.34. The van der Waals surface area contributed by atoms with Crippen LogP contribution in [-0.4, -0.2) is 18.0 Å². The van der Waals surface area contributed by atoms with Gasteiger partial charge >= 0.3 is 6.03 Å². The molecule has 4 nitrogen and oxygen atoms in total. The lowest BCUT2D eigenvalue weighted by molar-refractivity contribution is 0.218. The van der Waals surface area contributed by atoms with Crippen LogP contribution < -0.4 is 11.1 Å². The van der Waals surface area contributed by atoms with Crippen LogP contribution in [0, 0.1) is 0 Å². The van der Waals surface area contributed by atoms with E-state index in [0.29, 0.717) is 6.54 Å². The van der Waals surface area contributed by atoms with E-state index in [-0.39, 0.29) is 12.1 Å². The molecule has 2 heterocycles. The van der Waals surface area contributed by atoms with E-state index in [1.165, 1.54) is 0 Å². The number of hydrogen-bond acceptors (Lipinski definition) is 3. The number of carbonyl (C=O) groups is 1. The number of amides is 2. The number of halogens is 2. The van der Waals surface area contributed by atoms with E-state index in [4.69, 9.17) is 5.73 Å². The summed E-state index contributed by atoms with van der Waals surface area (Å²) in [6.45, 7) is 0.593. The van der Waals surface area contributed by atoms with Gasteiger partial charge in [0.1, 0.15) is 0 Å². The Kier molecular flexibility index (Phi) is 4.09. The van der Waals surface area contributed by atoms with Crippen molar-refractivity contribution in [3.8, 4) is 0 Å². The van der Waals surface area contributed by atoms with Crippen molar-refractivity contribution in [2.45, 2.75) is 12.6 Å². The molecule has 0 radical (unpaired) electrons. The smallest absolute Gasteiger partial charge is 0.321 e. The number of nitrogens with one attached hydrogen (secondary N) is 1. The largest absolute Gasteiger partial charge is 0.323 e. The van der Waals surface area contributed by atoms with E-state index < -0.39 is 0 Å². The highest BCUT2D eigenvalue weighted by Gasteiger charge is 2.21. The zero-order chi connectivity index (χ0) is 15.1. The molecular formula is C14H13Br2N3OS. The molecule has 110 valence electrons. The minimum absolute atomic E-state index is 0.0796. The molecule has 3 rings (SSSR count). The van der Waals surface area contributed by atoms with E-state index >= 15 is 0 Å². The van der Waals surface area contributed by atoms with Crippen molar-refractivity contribution in [1.29, 1.82) is 0 Å². The number of nitrogens with zero attached hydrogens (tertiary/aromatic N) is 1. The first-order chi connectivity index (χ1) is 9.95. The molecule has 3 N–H and O–H groups in total. The Morgan fingerprint density at radius 3 is 2.81 bits per heavy atom. The maximum absolute atomic E-state index is 11.6. The molecule has 1 aliphatic heterocycles. The molecule has 1 aromatic heterocycles. The summed E-state index contributed by atoms with van der Waals surface area (Å²) in [5.41, 5.74) is 10.4. The van der Waals surface area contributed by atoms with Gasteiger partial charge in [0.05, 0.1) is 13.6 Å². The number of rotatable bonds is 2. The minimum Gasteiger partial charge on any atom is -0.323 e. The molecule has 0 saturated heterocycles. The average Bonchev–Trinajstić information content (AvgIpc) is 2.78. The van der Waals surface area contributed by atoms with Crippen LogP contribution >= 0.6 is 43.2 Å². The summed E-state index contributed by atoms with van der Waals surface area (Å²) in [7, 11) is 1.78. The van der Waals surface area contributed by atoms with Gasteiger partial charge < -0.3 is 16.0 Å². The van der Waals surface area contributed by atoms with Gasteiger partial charge in [0.2, 0.25) is 0 Å². The van der Waals surface area contributed by atoms with E-state index in [9.17, 15) is 4.79 Å². The Bertz CT molecular complexity index is 716. The van der Waals surface area contributed by atoms with Crippen molar-refractivity contribution in [2.24, 2.45) is 5.73 Å². The molecule has 0 saturated carbocycles. The van der Waals surface area contributed by atoms with Crippen molar-refractivity contribution >= 4 is 54.9 Å². The topological polar surface area (TPSA) is 58.4 Å². The Morgan fingerprint density at radius 1 is 1.38 bits per heavy atom. The SMILES string of the molecule is CN1Cc2cc(C(N)c3cc(Br)sc3Br)ccc2NC1=O. The van der Waals surface area contributed by atoms with Gasteiger partial charge in [-0.2, -0.15) is 0 Å². The number of anilines is 1. The number of thiophene rings is 1. The second-order valence-electron chi connectivity index (χ2n) is 4.96. The van der Waals surface area contributed by atoms with Crippen molar-refractivity contribution < 1.29 is 4.79 Å². The van der Waals surface area contributed by atoms with Crippen molar-refractivity contribution in [3.63, 3.8) is 0 Å². The first-order valence-electron chi connectivity index (χ1n) is 6.31. The van der Waals surface area contributed by atoms with Crippen LogP contribution in [0.25, 0.3) is 0 Å². The lowest BCUT2D eigenvalue weighted by Gasteiger charge is -2.27. The summed E-state index contributed by atoms with van der Waals surface area (Å²) in [6, 6.07) is 7.71. The lowest BCUT2D eigenvalue weighted by atomic mass is 9.98. The summed E-state index contributed by atoms with van der Waals surface area (Å²) < 4.78 is 2.08. The molecule has 7 heteroatoms. The van der Waals surface area contributed by atoms with Crippen LogP contribution in [0.15, 0.2) is 31.8 Å². The van der Waals surface area contributed by atoms with Crippen LogP contribution in [0.5, 0.6) is 0 Å². The Labute approximate surface area is 143 Å². The molecule has 2 amide bonds. The number of benzene rings is 1. The number of urea groups is 1. The zero-order valence-corrected chi connectivity index (χ0v) is 15.2. The van der Waals surface area contributed by atoms with Crippen molar-refractivity contribution in [3.05, 3.63) is 48.5 Å². The van der Waals surface area contributed by atoms with Gasteiger partial charge in [-0.1, -0.05) is 12.1 Å². The second kappa shape index (κ2) is 5.72. The third-order valence-electron chi connectivity index (χ3n) is 3.50. The molecule has 1 aliphatic rings. The summed E-state index contributed by atoms with van der Waals surface area (Å²) in [5.74, 6) is 0. The molecule has 0 spiro atoms. The number of nitrogens with two attached hydrogens (primary N) is 1. The molecule has 2 aromatic rings. The van der Waals surface area contributed by atoms with Gasteiger partial charge in [-0.05, 0) is 60.7 Å². The maximum atomic E-state index is 11.6. The van der Waals surface area contributed by atoms with Gasteiger partial charge in [0.15, 0.2) is 0 Å². The molecule has 0 aliphatic carbocycles. The minimum atomic E-state index is -0.199. The van der Waals surface area contributed by atoms with E-state index in [1.54, 1.807) is 23.3 Å². The second-order valence-corrected chi connectivity index (χ2v) is 8.71. The van der Waals surface area contributed by atoms with E-state index in [0.717, 1.165) is 30.0 Å². The molecule has 1 unspecified atom stereocenters. The first-order valence-corrected chi connectivity index (χ1v) is 8.71. The predicted octanol–water partition coefficient (Wildman–Crippen LogP) is 4.30. The van der Waals surface area contributed by atoms with Crippen molar-refractivity contribution in [1.82, 2.24) is 4.90 Å². The van der Waals surface area contributed by atoms with Crippen LogP contribution in [0.2, 0.25) is 0 Å². The molecular weight excluding hydrogens is 418 g/mol. The van der Waals surface area contributed by atoms with E-state index in [2.05, 4.69) is 43.2 Å². The highest BCUT2D eigenvalue weighted by atomic mass is 79.9. The number of hydrogen-bond donors (Lipinski definition) is 2. The van der Waals surface area contributed by atoms with Gasteiger partial charge in [-0.15, -0.1) is 11.3 Å². The molecule has 0 bridgehead atoms. The van der Waals surface area contributed by atoms with Gasteiger partial charge in [-0.3, -0.25) is 0 Å². The Balaban J connectivity index is 1.95. The molecule has 21 heavy (non-hydrogen) atoms. The van der Waals surface area contributed by atoms with Crippen LogP contribution in [-0.2, 0) is 6.54 Å². The van der Waals surface area contributed by atoms with Gasteiger partial charge in [0.25, 0.3) is 0 Å². The van der Waals surface area contributed by atoms with Gasteiger partial charge in [0, 0.05) is 19.3 Å². The predicted molar refractivity (Wildman–Crippen MR) is 92.7 cm³/mol. The maximum Gasteiger partial charge on any atom is 0.321 e. The monoisotopic (exact) mass is 429 g/mol. The summed E-state index contributed by atoms with van der Waals surface area (Å²) in [6.07, 6.45) is 0. The highest BCUT2D eigenvalue weighted by Crippen LogP contribution is 2.37. The lowest BCUT2D eigenvalue weighted by Crippen LogP contribution is -2.35. The third kappa shape index (κ3) is 2.88. The quantitative estimate of drug-likeness (QED) is 0.746. The Hall–Kier alpha value is -0.890.